The maximum atomic E-state index is 13.3. The van der Waals surface area contributed by atoms with Gasteiger partial charge in [0.25, 0.3) is 0 Å². The molecule has 0 amide bonds. The van der Waals surface area contributed by atoms with Gasteiger partial charge in [-0.1, -0.05) is 11.6 Å². The van der Waals surface area contributed by atoms with Crippen LogP contribution in [-0.4, -0.2) is 12.2 Å². The molecule has 0 aliphatic heterocycles. The molecule has 0 atom stereocenters. The number of aromatic hydroxyl groups is 1. The average Bonchev–Trinajstić information content (AvgIpc) is 2.15. The number of methoxy groups -OCH3 is 1. The molecule has 0 radical (unpaired) electrons. The monoisotopic (exact) mass is 221 g/mol. The number of rotatable bonds is 3. The van der Waals surface area contributed by atoms with E-state index < -0.39 is 11.6 Å². The Morgan fingerprint density at radius 2 is 2.29 bits per heavy atom. The molecule has 3 N–H and O–H groups in total. The lowest BCUT2D eigenvalue weighted by molar-refractivity contribution is 0.121. The van der Waals surface area contributed by atoms with Gasteiger partial charge < -0.3 is 9.84 Å². The molecule has 0 aliphatic carbocycles. The number of phenolic OH excluding ortho intramolecular Hbond substituents is 1. The summed E-state index contributed by atoms with van der Waals surface area (Å²) in [6, 6.07) is 1.33. The highest BCUT2D eigenvalue weighted by atomic mass is 35.5. The van der Waals surface area contributed by atoms with Crippen molar-refractivity contribution >= 4 is 11.6 Å². The molecule has 4 nitrogen and oxygen atoms in total. The van der Waals surface area contributed by atoms with Gasteiger partial charge in [-0.25, -0.2) is 5.90 Å². The fourth-order valence-electron chi connectivity index (χ4n) is 1.03. The van der Waals surface area contributed by atoms with Crippen LogP contribution in [-0.2, 0) is 11.4 Å². The molecule has 0 fully saturated rings. The van der Waals surface area contributed by atoms with E-state index in [2.05, 4.69) is 9.57 Å². The lowest BCUT2D eigenvalue weighted by Gasteiger charge is -2.09. The third kappa shape index (κ3) is 1.89. The predicted octanol–water partition coefficient (Wildman–Crippen LogP) is 1.58. The topological polar surface area (TPSA) is 64.7 Å². The zero-order valence-corrected chi connectivity index (χ0v) is 8.14. The second-order valence-electron chi connectivity index (χ2n) is 2.52. The summed E-state index contributed by atoms with van der Waals surface area (Å²) in [5.74, 6) is 3.09. The second kappa shape index (κ2) is 4.45. The zero-order valence-electron chi connectivity index (χ0n) is 7.38. The standard InChI is InChI=1S/C8H9ClFNO3/c1-13-8-5(9)2-4(3-14-11)7(12)6(8)10/h2,12H,3,11H2,1H3. The molecule has 0 aromatic heterocycles. The summed E-state index contributed by atoms with van der Waals surface area (Å²) in [5.41, 5.74) is 0.163. The quantitative estimate of drug-likeness (QED) is 0.761. The summed E-state index contributed by atoms with van der Waals surface area (Å²) >= 11 is 5.67. The fraction of sp³-hybridized carbons (Fsp3) is 0.250. The molecule has 0 aliphatic rings. The van der Waals surface area contributed by atoms with Gasteiger partial charge in [-0.15, -0.1) is 0 Å². The summed E-state index contributed by atoms with van der Waals surface area (Å²) in [6.45, 7) is -0.132. The molecule has 0 saturated heterocycles. The average molecular weight is 222 g/mol. The number of benzene rings is 1. The minimum Gasteiger partial charge on any atom is -0.504 e. The first kappa shape index (κ1) is 11.0. The van der Waals surface area contributed by atoms with E-state index in [1.165, 1.54) is 13.2 Å². The van der Waals surface area contributed by atoms with E-state index in [-0.39, 0.29) is 22.9 Å². The van der Waals surface area contributed by atoms with Crippen LogP contribution < -0.4 is 10.6 Å². The van der Waals surface area contributed by atoms with E-state index >= 15 is 0 Å². The number of nitrogens with two attached hydrogens (primary N) is 1. The van der Waals surface area contributed by atoms with E-state index in [0.717, 1.165) is 0 Å². The van der Waals surface area contributed by atoms with Crippen molar-refractivity contribution in [1.82, 2.24) is 0 Å². The molecule has 0 heterocycles. The molecule has 1 aromatic carbocycles. The van der Waals surface area contributed by atoms with Crippen molar-refractivity contribution < 1.29 is 19.1 Å². The van der Waals surface area contributed by atoms with Crippen LogP contribution in [0, 0.1) is 5.82 Å². The van der Waals surface area contributed by atoms with E-state index in [4.69, 9.17) is 17.5 Å². The van der Waals surface area contributed by atoms with Gasteiger partial charge in [0.1, 0.15) is 0 Å². The molecule has 0 unspecified atom stereocenters. The van der Waals surface area contributed by atoms with Crippen molar-refractivity contribution in [3.05, 3.63) is 22.5 Å². The first-order chi connectivity index (χ1) is 6.61. The van der Waals surface area contributed by atoms with Gasteiger partial charge in [-0.3, -0.25) is 4.84 Å². The summed E-state index contributed by atoms with van der Waals surface area (Å²) in [7, 11) is 1.25. The van der Waals surface area contributed by atoms with Gasteiger partial charge in [-0.05, 0) is 6.07 Å². The molecule has 6 heteroatoms. The van der Waals surface area contributed by atoms with Crippen LogP contribution in [0.1, 0.15) is 5.56 Å². The molecule has 78 valence electrons. The number of halogens is 2. The smallest absolute Gasteiger partial charge is 0.208 e. The van der Waals surface area contributed by atoms with E-state index in [1.807, 2.05) is 0 Å². The summed E-state index contributed by atoms with van der Waals surface area (Å²) < 4.78 is 17.9. The van der Waals surface area contributed by atoms with Crippen molar-refractivity contribution in [2.75, 3.05) is 7.11 Å². The maximum Gasteiger partial charge on any atom is 0.208 e. The minimum atomic E-state index is -0.924. The molecular weight excluding hydrogens is 213 g/mol. The van der Waals surface area contributed by atoms with Gasteiger partial charge >= 0.3 is 0 Å². The Balaban J connectivity index is 3.25. The van der Waals surface area contributed by atoms with Crippen molar-refractivity contribution in [2.24, 2.45) is 5.90 Å². The van der Waals surface area contributed by atoms with Crippen LogP contribution in [0.15, 0.2) is 6.07 Å². The highest BCUT2D eigenvalue weighted by molar-refractivity contribution is 6.32. The Morgan fingerprint density at radius 1 is 1.64 bits per heavy atom. The van der Waals surface area contributed by atoms with E-state index in [0.29, 0.717) is 0 Å². The van der Waals surface area contributed by atoms with Crippen LogP contribution in [0.25, 0.3) is 0 Å². The van der Waals surface area contributed by atoms with Gasteiger partial charge in [-0.2, -0.15) is 4.39 Å². The number of hydrogen-bond acceptors (Lipinski definition) is 4. The first-order valence-corrected chi connectivity index (χ1v) is 4.05. The Bertz CT molecular complexity index is 346. The number of hydrogen-bond donors (Lipinski definition) is 2. The summed E-state index contributed by atoms with van der Waals surface area (Å²) in [6.07, 6.45) is 0. The highest BCUT2D eigenvalue weighted by Crippen LogP contribution is 2.36. The Morgan fingerprint density at radius 3 is 2.79 bits per heavy atom. The van der Waals surface area contributed by atoms with Crippen LogP contribution in [0.5, 0.6) is 11.5 Å². The Labute approximate surface area is 84.9 Å². The summed E-state index contributed by atoms with van der Waals surface area (Å²) in [5, 5.41) is 9.37. The fourth-order valence-corrected chi connectivity index (χ4v) is 1.32. The molecule has 0 spiro atoms. The minimum absolute atomic E-state index is 0.0508. The van der Waals surface area contributed by atoms with Gasteiger partial charge in [0.05, 0.1) is 18.7 Å². The normalized spacial score (nSPS) is 10.3. The largest absolute Gasteiger partial charge is 0.504 e. The molecule has 0 bridgehead atoms. The van der Waals surface area contributed by atoms with Gasteiger partial charge in [0.2, 0.25) is 5.82 Å². The lowest BCUT2D eigenvalue weighted by Crippen LogP contribution is -2.01. The lowest BCUT2D eigenvalue weighted by atomic mass is 10.2. The molecular formula is C8H9ClFNO3. The summed E-state index contributed by atoms with van der Waals surface area (Å²) in [4.78, 5) is 4.27. The first-order valence-electron chi connectivity index (χ1n) is 3.67. The maximum absolute atomic E-state index is 13.3. The zero-order chi connectivity index (χ0) is 10.7. The third-order valence-corrected chi connectivity index (χ3v) is 1.95. The highest BCUT2D eigenvalue weighted by Gasteiger charge is 2.17. The predicted molar refractivity (Wildman–Crippen MR) is 48.6 cm³/mol. The molecule has 1 aromatic rings. The number of phenols is 1. The third-order valence-electron chi connectivity index (χ3n) is 1.67. The van der Waals surface area contributed by atoms with Crippen molar-refractivity contribution in [2.45, 2.75) is 6.61 Å². The van der Waals surface area contributed by atoms with Crippen LogP contribution in [0.2, 0.25) is 5.02 Å². The van der Waals surface area contributed by atoms with Crippen LogP contribution in [0.3, 0.4) is 0 Å². The van der Waals surface area contributed by atoms with Crippen molar-refractivity contribution in [3.8, 4) is 11.5 Å². The van der Waals surface area contributed by atoms with Gasteiger partial charge in [0.15, 0.2) is 11.5 Å². The molecule has 1 rings (SSSR count). The van der Waals surface area contributed by atoms with E-state index in [9.17, 15) is 9.50 Å². The Hall–Kier alpha value is -1.04. The van der Waals surface area contributed by atoms with Crippen molar-refractivity contribution in [3.63, 3.8) is 0 Å². The van der Waals surface area contributed by atoms with E-state index in [1.54, 1.807) is 0 Å². The molecule has 14 heavy (non-hydrogen) atoms. The van der Waals surface area contributed by atoms with Crippen LogP contribution >= 0.6 is 11.6 Å². The van der Waals surface area contributed by atoms with Gasteiger partial charge in [0, 0.05) is 5.56 Å². The molecule has 0 saturated carbocycles. The SMILES string of the molecule is COc1c(Cl)cc(CON)c(O)c1F. The van der Waals surface area contributed by atoms with Crippen molar-refractivity contribution in [1.29, 1.82) is 0 Å². The second-order valence-corrected chi connectivity index (χ2v) is 2.93. The number of ether oxygens (including phenoxy) is 1. The van der Waals surface area contributed by atoms with Crippen LogP contribution in [0.4, 0.5) is 4.39 Å². The Kier molecular flexibility index (Phi) is 3.51.